The molecule has 0 unspecified atom stereocenters. The van der Waals surface area contributed by atoms with Crippen molar-refractivity contribution in [2.24, 2.45) is 17.8 Å². The lowest BCUT2D eigenvalue weighted by Crippen LogP contribution is -1.93. The van der Waals surface area contributed by atoms with Crippen LogP contribution in [-0.4, -0.2) is 0 Å². The Morgan fingerprint density at radius 1 is 0.406 bits per heavy atom. The van der Waals surface area contributed by atoms with Crippen LogP contribution in [0.5, 0.6) is 0 Å². The number of rotatable bonds is 6. The molecule has 0 N–H and O–H groups in total. The highest BCUT2D eigenvalue weighted by molar-refractivity contribution is 5.22. The summed E-state index contributed by atoms with van der Waals surface area (Å²) in [6, 6.07) is 28.2. The lowest BCUT2D eigenvalue weighted by molar-refractivity contribution is 0.647. The second-order valence-corrected chi connectivity index (χ2v) is 10.3. The van der Waals surface area contributed by atoms with Gasteiger partial charge in [0.2, 0.25) is 0 Å². The molecular weight excluding hydrogens is 384 g/mol. The van der Waals surface area contributed by atoms with Gasteiger partial charge < -0.3 is 0 Å². The Labute approximate surface area is 199 Å². The maximum absolute atomic E-state index is 2.25. The number of hydrogen-bond donors (Lipinski definition) is 0. The summed E-state index contributed by atoms with van der Waals surface area (Å²) in [6.45, 7) is 17.7. The van der Waals surface area contributed by atoms with Crippen LogP contribution >= 0.6 is 0 Å². The molecule has 32 heavy (non-hydrogen) atoms. The molecule has 0 radical (unpaired) electrons. The van der Waals surface area contributed by atoms with E-state index in [1.165, 1.54) is 47.1 Å². The summed E-state index contributed by atoms with van der Waals surface area (Å²) in [7, 11) is 0. The highest BCUT2D eigenvalue weighted by Gasteiger charge is 1.97. The van der Waals surface area contributed by atoms with Crippen LogP contribution in [0.25, 0.3) is 0 Å². The van der Waals surface area contributed by atoms with Gasteiger partial charge in [-0.3, -0.25) is 0 Å². The quantitative estimate of drug-likeness (QED) is 0.365. The van der Waals surface area contributed by atoms with E-state index in [1.807, 2.05) is 0 Å². The van der Waals surface area contributed by atoms with Crippen molar-refractivity contribution in [1.82, 2.24) is 0 Å². The summed E-state index contributed by atoms with van der Waals surface area (Å²) < 4.78 is 0. The summed E-state index contributed by atoms with van der Waals surface area (Å²) in [6.07, 6.45) is 3.58. The van der Waals surface area contributed by atoms with Gasteiger partial charge in [0.15, 0.2) is 0 Å². The van der Waals surface area contributed by atoms with E-state index in [0.717, 1.165) is 17.8 Å². The van der Waals surface area contributed by atoms with Crippen LogP contribution in [0, 0.1) is 31.6 Å². The minimum atomic E-state index is 0.762. The molecule has 0 aliphatic rings. The zero-order valence-corrected chi connectivity index (χ0v) is 21.9. The second kappa shape index (κ2) is 15.5. The molecule has 0 atom stereocenters. The predicted molar refractivity (Wildman–Crippen MR) is 144 cm³/mol. The fourth-order valence-corrected chi connectivity index (χ4v) is 3.48. The molecule has 0 heteroatoms. The summed E-state index contributed by atoms with van der Waals surface area (Å²) in [5.41, 5.74) is 7.03. The average Bonchev–Trinajstić information content (AvgIpc) is 2.72. The van der Waals surface area contributed by atoms with Gasteiger partial charge >= 0.3 is 0 Å². The van der Waals surface area contributed by atoms with Gasteiger partial charge in [-0.05, 0) is 67.6 Å². The van der Waals surface area contributed by atoms with Gasteiger partial charge in [0, 0.05) is 0 Å². The molecule has 0 aliphatic carbocycles. The molecule has 0 saturated heterocycles. The van der Waals surface area contributed by atoms with E-state index in [9.17, 15) is 0 Å². The fourth-order valence-electron chi connectivity index (χ4n) is 3.48. The van der Waals surface area contributed by atoms with E-state index < -0.39 is 0 Å². The molecule has 0 aliphatic heterocycles. The first-order chi connectivity index (χ1) is 15.2. The first kappa shape index (κ1) is 27.7. The van der Waals surface area contributed by atoms with Gasteiger partial charge in [0.05, 0.1) is 0 Å². The molecule has 174 valence electrons. The van der Waals surface area contributed by atoms with Crippen LogP contribution in [0.1, 0.15) is 69.4 Å². The minimum Gasteiger partial charge on any atom is -0.0625 e. The third-order valence-electron chi connectivity index (χ3n) is 5.02. The van der Waals surface area contributed by atoms with E-state index in [4.69, 9.17) is 0 Å². The molecule has 3 aromatic rings. The molecule has 3 rings (SSSR count). The van der Waals surface area contributed by atoms with Crippen molar-refractivity contribution >= 4 is 0 Å². The Hall–Kier alpha value is -2.34. The van der Waals surface area contributed by atoms with Crippen LogP contribution < -0.4 is 0 Å². The van der Waals surface area contributed by atoms with Gasteiger partial charge in [-0.1, -0.05) is 132 Å². The zero-order valence-electron chi connectivity index (χ0n) is 21.9. The first-order valence-electron chi connectivity index (χ1n) is 12.3. The maximum atomic E-state index is 2.25. The third kappa shape index (κ3) is 13.9. The molecule has 0 aromatic heterocycles. The largest absolute Gasteiger partial charge is 0.0625 e. The molecule has 0 bridgehead atoms. The summed E-state index contributed by atoms with van der Waals surface area (Å²) in [4.78, 5) is 0. The Morgan fingerprint density at radius 3 is 0.969 bits per heavy atom. The van der Waals surface area contributed by atoms with E-state index in [0.29, 0.717) is 0 Å². The molecule has 3 aromatic carbocycles. The highest BCUT2D eigenvalue weighted by atomic mass is 14.0. The van der Waals surface area contributed by atoms with Crippen LogP contribution in [0.15, 0.2) is 78.9 Å². The third-order valence-corrected chi connectivity index (χ3v) is 5.02. The average molecular weight is 431 g/mol. The monoisotopic (exact) mass is 430 g/mol. The molecule has 0 fully saturated rings. The van der Waals surface area contributed by atoms with Crippen LogP contribution in [0.3, 0.4) is 0 Å². The van der Waals surface area contributed by atoms with Crippen molar-refractivity contribution in [2.45, 2.75) is 74.7 Å². The standard InChI is InChI=1S/2C11H16.C10H14/c2*1-9(2)8-11-6-4-10(3)5-7-11;1-9(2)8-10-6-4-3-5-7-10/h2*4-7,9H,8H2,1-3H3;3-7,9H,8H2,1-2H3. The molecular formula is C32H46. The SMILES string of the molecule is CC(C)Cc1ccccc1.Cc1ccc(CC(C)C)cc1.Cc1ccc(CC(C)C)cc1. The highest BCUT2D eigenvalue weighted by Crippen LogP contribution is 2.09. The number of aryl methyl sites for hydroxylation is 2. The lowest BCUT2D eigenvalue weighted by Gasteiger charge is -2.04. The van der Waals surface area contributed by atoms with E-state index in [1.54, 1.807) is 0 Å². The number of hydrogen-bond acceptors (Lipinski definition) is 0. The Kier molecular flexibility index (Phi) is 13.4. The number of benzene rings is 3. The molecule has 0 amide bonds. The van der Waals surface area contributed by atoms with Gasteiger partial charge in [0.25, 0.3) is 0 Å². The van der Waals surface area contributed by atoms with Crippen LogP contribution in [0.4, 0.5) is 0 Å². The van der Waals surface area contributed by atoms with E-state index in [2.05, 4.69) is 134 Å². The van der Waals surface area contributed by atoms with E-state index in [-0.39, 0.29) is 0 Å². The summed E-state index contributed by atoms with van der Waals surface area (Å²) in [5.74, 6) is 2.29. The second-order valence-electron chi connectivity index (χ2n) is 10.3. The molecule has 0 nitrogen and oxygen atoms in total. The zero-order chi connectivity index (χ0) is 23.9. The predicted octanol–water partition coefficient (Wildman–Crippen LogP) is 9.27. The van der Waals surface area contributed by atoms with Crippen molar-refractivity contribution in [1.29, 1.82) is 0 Å². The lowest BCUT2D eigenvalue weighted by atomic mass is 10.0. The van der Waals surface area contributed by atoms with Gasteiger partial charge in [-0.2, -0.15) is 0 Å². The van der Waals surface area contributed by atoms with Gasteiger partial charge in [-0.25, -0.2) is 0 Å². The van der Waals surface area contributed by atoms with Crippen molar-refractivity contribution in [3.8, 4) is 0 Å². The summed E-state index contributed by atoms with van der Waals surface area (Å²) in [5, 5.41) is 0. The molecule has 0 saturated carbocycles. The maximum Gasteiger partial charge on any atom is -0.0256 e. The Bertz CT molecular complexity index is 770. The molecule has 0 heterocycles. The van der Waals surface area contributed by atoms with Crippen molar-refractivity contribution in [3.63, 3.8) is 0 Å². The van der Waals surface area contributed by atoms with Crippen LogP contribution in [-0.2, 0) is 19.3 Å². The Balaban J connectivity index is 0.000000240. The first-order valence-corrected chi connectivity index (χ1v) is 12.3. The van der Waals surface area contributed by atoms with Crippen molar-refractivity contribution in [3.05, 3.63) is 107 Å². The fraction of sp³-hybridized carbons (Fsp3) is 0.438. The van der Waals surface area contributed by atoms with Crippen molar-refractivity contribution < 1.29 is 0 Å². The van der Waals surface area contributed by atoms with E-state index >= 15 is 0 Å². The van der Waals surface area contributed by atoms with Crippen molar-refractivity contribution in [2.75, 3.05) is 0 Å². The normalized spacial score (nSPS) is 10.5. The topological polar surface area (TPSA) is 0 Å². The van der Waals surface area contributed by atoms with Gasteiger partial charge in [0.1, 0.15) is 0 Å². The summed E-state index contributed by atoms with van der Waals surface area (Å²) >= 11 is 0. The Morgan fingerprint density at radius 2 is 0.688 bits per heavy atom. The molecule has 0 spiro atoms. The smallest absolute Gasteiger partial charge is 0.0256 e. The van der Waals surface area contributed by atoms with Gasteiger partial charge in [-0.15, -0.1) is 0 Å². The van der Waals surface area contributed by atoms with Crippen LogP contribution in [0.2, 0.25) is 0 Å². The minimum absolute atomic E-state index is 0.762.